The van der Waals surface area contributed by atoms with Crippen molar-refractivity contribution in [1.82, 2.24) is 9.36 Å². The maximum absolute atomic E-state index is 12.4. The number of hydrogen-bond donors (Lipinski definition) is 2. The zero-order valence-corrected chi connectivity index (χ0v) is 13.2. The number of aryl methyl sites for hydroxylation is 2. The molecule has 2 aromatic rings. The van der Waals surface area contributed by atoms with Gasteiger partial charge in [0.2, 0.25) is 5.13 Å². The molecule has 6 nitrogen and oxygen atoms in total. The third-order valence-electron chi connectivity index (χ3n) is 2.51. The minimum Gasteiger partial charge on any atom is -0.389 e. The second kappa shape index (κ2) is 5.43. The van der Waals surface area contributed by atoms with Gasteiger partial charge in [-0.2, -0.15) is 4.37 Å². The Hall–Kier alpha value is -1.58. The van der Waals surface area contributed by atoms with E-state index in [2.05, 4.69) is 14.1 Å². The first kappa shape index (κ1) is 14.8. The van der Waals surface area contributed by atoms with Gasteiger partial charge in [-0.15, -0.1) is 0 Å². The summed E-state index contributed by atoms with van der Waals surface area (Å²) in [6.45, 7) is 3.39. The fraction of sp³-hybridized carbons (Fsp3) is 0.182. The van der Waals surface area contributed by atoms with Crippen molar-refractivity contribution in [2.75, 3.05) is 4.72 Å². The minimum atomic E-state index is -3.74. The number of nitrogens with two attached hydrogens (primary N) is 1. The standard InChI is InChI=1S/C11H12N4O2S3/c1-6-3-4-8(10(12)18)5-9(6)20(16,17)15-11-13-7(2)14-19-11/h3-5H,1-2H3,(H2,12,18)(H,13,14,15). The zero-order chi connectivity index (χ0) is 14.9. The first-order valence-electron chi connectivity index (χ1n) is 5.53. The summed E-state index contributed by atoms with van der Waals surface area (Å²) in [5.74, 6) is 0.515. The van der Waals surface area contributed by atoms with Gasteiger partial charge in [0, 0.05) is 17.1 Å². The molecule has 1 heterocycles. The highest BCUT2D eigenvalue weighted by atomic mass is 32.2. The zero-order valence-electron chi connectivity index (χ0n) is 10.7. The van der Waals surface area contributed by atoms with Crippen LogP contribution in [-0.2, 0) is 10.0 Å². The van der Waals surface area contributed by atoms with Crippen molar-refractivity contribution in [2.45, 2.75) is 18.7 Å². The third kappa shape index (κ3) is 3.11. The van der Waals surface area contributed by atoms with Crippen molar-refractivity contribution in [2.24, 2.45) is 5.73 Å². The van der Waals surface area contributed by atoms with Crippen molar-refractivity contribution in [3.8, 4) is 0 Å². The molecule has 2 rings (SSSR count). The Kier molecular flexibility index (Phi) is 4.02. The van der Waals surface area contributed by atoms with Crippen LogP contribution in [0.1, 0.15) is 17.0 Å². The van der Waals surface area contributed by atoms with Crippen LogP contribution in [0.5, 0.6) is 0 Å². The molecule has 0 amide bonds. The number of nitrogens with zero attached hydrogens (tertiary/aromatic N) is 2. The molecule has 0 saturated heterocycles. The molecule has 0 aliphatic carbocycles. The number of hydrogen-bond acceptors (Lipinski definition) is 6. The Morgan fingerprint density at radius 1 is 1.40 bits per heavy atom. The molecular weight excluding hydrogens is 316 g/mol. The van der Waals surface area contributed by atoms with Crippen LogP contribution in [0, 0.1) is 13.8 Å². The molecule has 0 spiro atoms. The van der Waals surface area contributed by atoms with E-state index in [9.17, 15) is 8.42 Å². The van der Waals surface area contributed by atoms with E-state index in [1.807, 2.05) is 0 Å². The highest BCUT2D eigenvalue weighted by Crippen LogP contribution is 2.21. The van der Waals surface area contributed by atoms with Crippen molar-refractivity contribution in [3.63, 3.8) is 0 Å². The largest absolute Gasteiger partial charge is 0.389 e. The van der Waals surface area contributed by atoms with Crippen molar-refractivity contribution in [3.05, 3.63) is 35.2 Å². The number of benzene rings is 1. The third-order valence-corrected chi connectivity index (χ3v) is 5.08. The first-order chi connectivity index (χ1) is 9.29. The number of anilines is 1. The predicted molar refractivity (Wildman–Crippen MR) is 82.5 cm³/mol. The van der Waals surface area contributed by atoms with Gasteiger partial charge < -0.3 is 5.73 Å². The minimum absolute atomic E-state index is 0.121. The highest BCUT2D eigenvalue weighted by molar-refractivity contribution is 7.93. The van der Waals surface area contributed by atoms with E-state index in [4.69, 9.17) is 18.0 Å². The smallest absolute Gasteiger partial charge is 0.263 e. The van der Waals surface area contributed by atoms with Crippen molar-refractivity contribution < 1.29 is 8.42 Å². The molecule has 0 radical (unpaired) electrons. The van der Waals surface area contributed by atoms with Crippen LogP contribution < -0.4 is 10.5 Å². The summed E-state index contributed by atoms with van der Waals surface area (Å²) in [5, 5.41) is 0.225. The van der Waals surface area contributed by atoms with E-state index in [1.165, 1.54) is 6.07 Å². The second-order valence-corrected chi connectivity index (χ2v) is 6.94. The topological polar surface area (TPSA) is 98.0 Å². The SMILES string of the molecule is Cc1nsc(NS(=O)(=O)c2cc(C(N)=S)ccc2C)n1. The fourth-order valence-corrected chi connectivity index (χ4v) is 3.75. The number of rotatable bonds is 4. The Labute approximate surface area is 126 Å². The quantitative estimate of drug-likeness (QED) is 0.827. The van der Waals surface area contributed by atoms with Crippen LogP contribution in [0.4, 0.5) is 5.13 Å². The Morgan fingerprint density at radius 3 is 2.65 bits per heavy atom. The van der Waals surface area contributed by atoms with Crippen LogP contribution in [0.15, 0.2) is 23.1 Å². The molecule has 0 atom stereocenters. The maximum Gasteiger partial charge on any atom is 0.263 e. The molecule has 0 fully saturated rings. The van der Waals surface area contributed by atoms with Gasteiger partial charge >= 0.3 is 0 Å². The predicted octanol–water partition coefficient (Wildman–Crippen LogP) is 1.59. The highest BCUT2D eigenvalue weighted by Gasteiger charge is 2.19. The van der Waals surface area contributed by atoms with Gasteiger partial charge in [-0.1, -0.05) is 24.4 Å². The lowest BCUT2D eigenvalue weighted by molar-refractivity contribution is 0.600. The molecule has 1 aromatic carbocycles. The summed E-state index contributed by atoms with van der Waals surface area (Å²) in [5.41, 5.74) is 6.62. The molecule has 20 heavy (non-hydrogen) atoms. The maximum atomic E-state index is 12.4. The van der Waals surface area contributed by atoms with Crippen molar-refractivity contribution in [1.29, 1.82) is 0 Å². The van der Waals surface area contributed by atoms with Crippen LogP contribution >= 0.6 is 23.8 Å². The van der Waals surface area contributed by atoms with Gasteiger partial charge in [-0.05, 0) is 25.5 Å². The van der Waals surface area contributed by atoms with E-state index in [-0.39, 0.29) is 15.0 Å². The molecule has 0 bridgehead atoms. The van der Waals surface area contributed by atoms with E-state index >= 15 is 0 Å². The number of aromatic nitrogens is 2. The molecule has 0 saturated carbocycles. The molecular formula is C11H12N4O2S3. The first-order valence-corrected chi connectivity index (χ1v) is 8.19. The molecule has 106 valence electrons. The lowest BCUT2D eigenvalue weighted by Gasteiger charge is -2.09. The van der Waals surface area contributed by atoms with Crippen LogP contribution in [-0.4, -0.2) is 22.8 Å². The molecule has 9 heteroatoms. The number of nitrogens with one attached hydrogen (secondary N) is 1. The van der Waals surface area contributed by atoms with Crippen LogP contribution in [0.3, 0.4) is 0 Å². The van der Waals surface area contributed by atoms with E-state index in [0.29, 0.717) is 17.0 Å². The summed E-state index contributed by atoms with van der Waals surface area (Å²) in [7, 11) is -3.74. The van der Waals surface area contributed by atoms with E-state index in [1.54, 1.807) is 26.0 Å². The van der Waals surface area contributed by atoms with Crippen LogP contribution in [0.2, 0.25) is 0 Å². The summed E-state index contributed by atoms with van der Waals surface area (Å²) < 4.78 is 31.0. The molecule has 1 aromatic heterocycles. The Bertz CT molecular complexity index is 768. The summed E-state index contributed by atoms with van der Waals surface area (Å²) >= 11 is 5.85. The average Bonchev–Trinajstić information content (AvgIpc) is 2.73. The van der Waals surface area contributed by atoms with Gasteiger partial charge in [0.25, 0.3) is 10.0 Å². The Balaban J connectivity index is 2.43. The van der Waals surface area contributed by atoms with Gasteiger partial charge in [0.15, 0.2) is 0 Å². The number of thiocarbonyl (C=S) groups is 1. The van der Waals surface area contributed by atoms with Gasteiger partial charge in [-0.25, -0.2) is 13.4 Å². The van der Waals surface area contributed by atoms with Gasteiger partial charge in [0.1, 0.15) is 10.8 Å². The van der Waals surface area contributed by atoms with Crippen LogP contribution in [0.25, 0.3) is 0 Å². The van der Waals surface area contributed by atoms with E-state index in [0.717, 1.165) is 11.5 Å². The lowest BCUT2D eigenvalue weighted by atomic mass is 10.1. The molecule has 3 N–H and O–H groups in total. The van der Waals surface area contributed by atoms with Gasteiger partial charge in [-0.3, -0.25) is 4.72 Å². The molecule has 0 unspecified atom stereocenters. The summed E-state index contributed by atoms with van der Waals surface area (Å²) in [4.78, 5) is 4.24. The monoisotopic (exact) mass is 328 g/mol. The second-order valence-electron chi connectivity index (χ2n) is 4.10. The number of sulfonamides is 1. The molecule has 0 aliphatic rings. The van der Waals surface area contributed by atoms with Crippen molar-refractivity contribution >= 4 is 43.9 Å². The molecule has 0 aliphatic heterocycles. The summed E-state index contributed by atoms with van der Waals surface area (Å²) in [6, 6.07) is 4.80. The Morgan fingerprint density at radius 2 is 2.10 bits per heavy atom. The van der Waals surface area contributed by atoms with E-state index < -0.39 is 10.0 Å². The summed E-state index contributed by atoms with van der Waals surface area (Å²) in [6.07, 6.45) is 0. The average molecular weight is 328 g/mol. The van der Waals surface area contributed by atoms with Gasteiger partial charge in [0.05, 0.1) is 4.90 Å². The lowest BCUT2D eigenvalue weighted by Crippen LogP contribution is -2.16. The fourth-order valence-electron chi connectivity index (χ4n) is 1.55. The normalized spacial score (nSPS) is 11.3.